The summed E-state index contributed by atoms with van der Waals surface area (Å²) in [5.41, 5.74) is 0. The van der Waals surface area contributed by atoms with Crippen molar-refractivity contribution >= 4 is 0 Å². The van der Waals surface area contributed by atoms with E-state index >= 15 is 0 Å². The third kappa shape index (κ3) is 2.54. The van der Waals surface area contributed by atoms with E-state index in [0.717, 1.165) is 24.0 Å². The Hall–Kier alpha value is -0.0800. The Morgan fingerprint density at radius 2 is 1.93 bits per heavy atom. The number of piperidine rings is 1. The van der Waals surface area contributed by atoms with E-state index in [0.29, 0.717) is 0 Å². The molecule has 0 aromatic carbocycles. The van der Waals surface area contributed by atoms with E-state index in [2.05, 4.69) is 31.0 Å². The summed E-state index contributed by atoms with van der Waals surface area (Å²) in [5.74, 6) is 0.811. The Kier molecular flexibility index (Phi) is 3.68. The summed E-state index contributed by atoms with van der Waals surface area (Å²) >= 11 is 0. The van der Waals surface area contributed by atoms with Gasteiger partial charge >= 0.3 is 0 Å². The molecular formula is C13H26N2. The van der Waals surface area contributed by atoms with Crippen LogP contribution >= 0.6 is 0 Å². The van der Waals surface area contributed by atoms with Gasteiger partial charge in [-0.15, -0.1) is 0 Å². The third-order valence-electron chi connectivity index (χ3n) is 4.29. The fourth-order valence-electron chi connectivity index (χ4n) is 2.93. The van der Waals surface area contributed by atoms with Gasteiger partial charge in [-0.3, -0.25) is 4.90 Å². The number of nitrogens with one attached hydrogen (secondary N) is 1. The largest absolute Gasteiger partial charge is 0.314 e. The molecule has 2 fully saturated rings. The predicted molar refractivity (Wildman–Crippen MR) is 65.1 cm³/mol. The molecule has 1 N–H and O–H groups in total. The molecule has 15 heavy (non-hydrogen) atoms. The van der Waals surface area contributed by atoms with Gasteiger partial charge in [-0.2, -0.15) is 0 Å². The minimum atomic E-state index is 0.759. The first-order chi connectivity index (χ1) is 7.24. The second kappa shape index (κ2) is 4.84. The number of hydrogen-bond acceptors (Lipinski definition) is 2. The lowest BCUT2D eigenvalue weighted by Crippen LogP contribution is -2.54. The molecule has 1 heterocycles. The van der Waals surface area contributed by atoms with Crippen LogP contribution in [0.25, 0.3) is 0 Å². The van der Waals surface area contributed by atoms with Crippen LogP contribution in [0.5, 0.6) is 0 Å². The van der Waals surface area contributed by atoms with Gasteiger partial charge in [0, 0.05) is 24.7 Å². The number of nitrogens with zero attached hydrogens (tertiary/aromatic N) is 1. The van der Waals surface area contributed by atoms with Crippen LogP contribution < -0.4 is 5.32 Å². The maximum absolute atomic E-state index is 3.70. The minimum absolute atomic E-state index is 0.759. The number of rotatable bonds is 4. The Morgan fingerprint density at radius 3 is 2.53 bits per heavy atom. The topological polar surface area (TPSA) is 15.3 Å². The van der Waals surface area contributed by atoms with E-state index in [1.807, 2.05) is 0 Å². The van der Waals surface area contributed by atoms with Crippen molar-refractivity contribution in [1.29, 1.82) is 0 Å². The van der Waals surface area contributed by atoms with Gasteiger partial charge in [0.2, 0.25) is 0 Å². The predicted octanol–water partition coefficient (Wildman–Crippen LogP) is 2.25. The van der Waals surface area contributed by atoms with Crippen molar-refractivity contribution < 1.29 is 0 Å². The van der Waals surface area contributed by atoms with Crippen LogP contribution in [0, 0.1) is 5.92 Å². The number of hydrogen-bond donors (Lipinski definition) is 1. The maximum Gasteiger partial charge on any atom is 0.0120 e. The quantitative estimate of drug-likeness (QED) is 0.765. The first kappa shape index (κ1) is 11.4. The van der Waals surface area contributed by atoms with Crippen LogP contribution in [0.1, 0.15) is 46.5 Å². The van der Waals surface area contributed by atoms with Crippen LogP contribution in [-0.4, -0.2) is 36.1 Å². The van der Waals surface area contributed by atoms with Crippen LogP contribution in [-0.2, 0) is 0 Å². The molecule has 1 aliphatic carbocycles. The molecule has 2 heteroatoms. The highest BCUT2D eigenvalue weighted by molar-refractivity contribution is 4.95. The van der Waals surface area contributed by atoms with Gasteiger partial charge in [-0.05, 0) is 45.1 Å². The molecule has 0 radical (unpaired) electrons. The second-order valence-electron chi connectivity index (χ2n) is 5.42. The second-order valence-corrected chi connectivity index (χ2v) is 5.42. The van der Waals surface area contributed by atoms with E-state index < -0.39 is 0 Å². The van der Waals surface area contributed by atoms with Gasteiger partial charge in [0.25, 0.3) is 0 Å². The zero-order valence-corrected chi connectivity index (χ0v) is 10.5. The molecular weight excluding hydrogens is 184 g/mol. The Balaban J connectivity index is 1.85. The summed E-state index contributed by atoms with van der Waals surface area (Å²) in [5, 5.41) is 3.70. The minimum Gasteiger partial charge on any atom is -0.314 e. The maximum atomic E-state index is 3.70. The lowest BCUT2D eigenvalue weighted by atomic mass is 9.87. The number of likely N-dealkylation sites (tertiary alicyclic amines) is 1. The van der Waals surface area contributed by atoms with Gasteiger partial charge in [0.05, 0.1) is 0 Å². The highest BCUT2D eigenvalue weighted by atomic mass is 15.2. The summed E-state index contributed by atoms with van der Waals surface area (Å²) < 4.78 is 0. The molecule has 0 aromatic rings. The normalized spacial score (nSPS) is 38.2. The van der Waals surface area contributed by atoms with Crippen molar-refractivity contribution in [2.75, 3.05) is 13.1 Å². The Bertz CT molecular complexity index is 201. The van der Waals surface area contributed by atoms with Crippen molar-refractivity contribution in [2.45, 2.75) is 64.6 Å². The molecule has 0 aromatic heterocycles. The highest BCUT2D eigenvalue weighted by Gasteiger charge is 2.39. The van der Waals surface area contributed by atoms with Crippen LogP contribution in [0.2, 0.25) is 0 Å². The Labute approximate surface area is 94.4 Å². The van der Waals surface area contributed by atoms with Crippen molar-refractivity contribution in [1.82, 2.24) is 10.2 Å². The standard InChI is InChI=1S/C13H26N2/c1-4-8-14-13-7-9-15(12-5-6-12)11(3)10(13)2/h10-14H,4-9H2,1-3H3. The molecule has 2 nitrogen and oxygen atoms in total. The molecule has 3 unspecified atom stereocenters. The zero-order chi connectivity index (χ0) is 10.8. The summed E-state index contributed by atoms with van der Waals surface area (Å²) in [6.07, 6.45) is 5.50. The zero-order valence-electron chi connectivity index (χ0n) is 10.5. The van der Waals surface area contributed by atoms with Crippen LogP contribution in [0.3, 0.4) is 0 Å². The highest BCUT2D eigenvalue weighted by Crippen LogP contribution is 2.34. The van der Waals surface area contributed by atoms with Gasteiger partial charge in [0.15, 0.2) is 0 Å². The van der Waals surface area contributed by atoms with Gasteiger partial charge in [-0.25, -0.2) is 0 Å². The van der Waals surface area contributed by atoms with E-state index in [-0.39, 0.29) is 0 Å². The lowest BCUT2D eigenvalue weighted by Gasteiger charge is -2.43. The van der Waals surface area contributed by atoms with Gasteiger partial charge in [-0.1, -0.05) is 13.8 Å². The third-order valence-corrected chi connectivity index (χ3v) is 4.29. The average molecular weight is 210 g/mol. The van der Waals surface area contributed by atoms with Gasteiger partial charge in [0.1, 0.15) is 0 Å². The molecule has 0 bridgehead atoms. The van der Waals surface area contributed by atoms with Crippen molar-refractivity contribution in [3.8, 4) is 0 Å². The van der Waals surface area contributed by atoms with Crippen LogP contribution in [0.4, 0.5) is 0 Å². The molecule has 2 aliphatic rings. The molecule has 0 spiro atoms. The van der Waals surface area contributed by atoms with E-state index in [4.69, 9.17) is 0 Å². The van der Waals surface area contributed by atoms with Crippen molar-refractivity contribution in [3.05, 3.63) is 0 Å². The van der Waals surface area contributed by atoms with Crippen molar-refractivity contribution in [2.24, 2.45) is 5.92 Å². The molecule has 3 atom stereocenters. The Morgan fingerprint density at radius 1 is 1.20 bits per heavy atom. The molecule has 1 saturated carbocycles. The summed E-state index contributed by atoms with van der Waals surface area (Å²) in [6.45, 7) is 9.60. The first-order valence-corrected chi connectivity index (χ1v) is 6.73. The molecule has 1 saturated heterocycles. The van der Waals surface area contributed by atoms with E-state index in [9.17, 15) is 0 Å². The summed E-state index contributed by atoms with van der Waals surface area (Å²) in [7, 11) is 0. The fraction of sp³-hybridized carbons (Fsp3) is 1.00. The fourth-order valence-corrected chi connectivity index (χ4v) is 2.93. The monoisotopic (exact) mass is 210 g/mol. The van der Waals surface area contributed by atoms with Crippen LogP contribution in [0.15, 0.2) is 0 Å². The van der Waals surface area contributed by atoms with E-state index in [1.165, 1.54) is 38.8 Å². The van der Waals surface area contributed by atoms with Crippen molar-refractivity contribution in [3.63, 3.8) is 0 Å². The molecule has 0 amide bonds. The summed E-state index contributed by atoms with van der Waals surface area (Å²) in [4.78, 5) is 2.74. The molecule has 88 valence electrons. The first-order valence-electron chi connectivity index (χ1n) is 6.73. The molecule has 2 rings (SSSR count). The summed E-state index contributed by atoms with van der Waals surface area (Å²) in [6, 6.07) is 2.48. The average Bonchev–Trinajstić information content (AvgIpc) is 3.04. The lowest BCUT2D eigenvalue weighted by molar-refractivity contribution is 0.0780. The van der Waals surface area contributed by atoms with Gasteiger partial charge < -0.3 is 5.32 Å². The molecule has 1 aliphatic heterocycles. The SMILES string of the molecule is CCCNC1CCN(C2CC2)C(C)C1C. The smallest absolute Gasteiger partial charge is 0.0120 e. The van der Waals surface area contributed by atoms with E-state index in [1.54, 1.807) is 0 Å².